The lowest BCUT2D eigenvalue weighted by atomic mass is 9.96. The molecule has 0 spiro atoms. The fraction of sp³-hybridized carbons (Fsp3) is 0.300. The van der Waals surface area contributed by atoms with Gasteiger partial charge in [-0.3, -0.25) is 4.79 Å². The van der Waals surface area contributed by atoms with E-state index >= 15 is 0 Å². The van der Waals surface area contributed by atoms with E-state index in [1.165, 1.54) is 11.8 Å². The zero-order valence-electron chi connectivity index (χ0n) is 15.4. The van der Waals surface area contributed by atoms with Gasteiger partial charge in [-0.2, -0.15) is 0 Å². The molecule has 0 saturated heterocycles. The van der Waals surface area contributed by atoms with E-state index in [4.69, 9.17) is 14.2 Å². The highest BCUT2D eigenvalue weighted by Crippen LogP contribution is 2.45. The summed E-state index contributed by atoms with van der Waals surface area (Å²) in [5.74, 6) is 0.171. The molecule has 0 saturated carbocycles. The van der Waals surface area contributed by atoms with Crippen molar-refractivity contribution in [2.24, 2.45) is 0 Å². The molecule has 1 heterocycles. The first kappa shape index (κ1) is 19.1. The highest BCUT2D eigenvalue weighted by atomic mass is 32.2. The second-order valence-corrected chi connectivity index (χ2v) is 7.31. The number of nitrogens with one attached hydrogen (secondary N) is 1. The average molecular weight is 387 g/mol. The second kappa shape index (κ2) is 7.92. The van der Waals surface area contributed by atoms with Crippen LogP contribution in [0.3, 0.4) is 0 Å². The lowest BCUT2D eigenvalue weighted by Crippen LogP contribution is -2.51. The Balaban J connectivity index is 2.02. The van der Waals surface area contributed by atoms with Gasteiger partial charge in [-0.25, -0.2) is 4.79 Å². The standard InChI is InChI=1S/C20H21NO5S/c1-4-26-19(23)20(12-13-9-10-15(24-2)16(11-13)25-3)18(22)21-14-7-5-6-8-17(14)27-20/h5-11H,4,12H2,1-3H3,(H,21,22). The van der Waals surface area contributed by atoms with Crippen LogP contribution in [0.4, 0.5) is 5.69 Å². The molecule has 1 aliphatic heterocycles. The molecule has 7 heteroatoms. The SMILES string of the molecule is CCOC(=O)C1(Cc2ccc(OC)c(OC)c2)Sc2ccccc2NC1=O. The van der Waals surface area contributed by atoms with Crippen molar-refractivity contribution in [3.05, 3.63) is 48.0 Å². The zero-order valence-corrected chi connectivity index (χ0v) is 16.2. The number of hydrogen-bond acceptors (Lipinski definition) is 6. The minimum absolute atomic E-state index is 0.164. The molecule has 1 atom stereocenters. The highest BCUT2D eigenvalue weighted by Gasteiger charge is 2.51. The Morgan fingerprint density at radius 1 is 1.11 bits per heavy atom. The van der Waals surface area contributed by atoms with Gasteiger partial charge >= 0.3 is 5.97 Å². The number of esters is 1. The Morgan fingerprint density at radius 2 is 1.85 bits per heavy atom. The lowest BCUT2D eigenvalue weighted by Gasteiger charge is -2.34. The summed E-state index contributed by atoms with van der Waals surface area (Å²) >= 11 is 1.22. The molecule has 27 heavy (non-hydrogen) atoms. The van der Waals surface area contributed by atoms with Crippen molar-refractivity contribution in [3.63, 3.8) is 0 Å². The topological polar surface area (TPSA) is 73.9 Å². The number of anilines is 1. The van der Waals surface area contributed by atoms with Crippen LogP contribution in [0.15, 0.2) is 47.4 Å². The van der Waals surface area contributed by atoms with Gasteiger partial charge in [0.2, 0.25) is 4.75 Å². The Hall–Kier alpha value is -2.67. The molecule has 3 rings (SSSR count). The Morgan fingerprint density at radius 3 is 2.56 bits per heavy atom. The van der Waals surface area contributed by atoms with Crippen LogP contribution >= 0.6 is 11.8 Å². The van der Waals surface area contributed by atoms with E-state index in [1.807, 2.05) is 30.3 Å². The predicted octanol–water partition coefficient (Wildman–Crippen LogP) is 3.29. The van der Waals surface area contributed by atoms with Crippen LogP contribution in [-0.2, 0) is 20.7 Å². The minimum Gasteiger partial charge on any atom is -0.493 e. The van der Waals surface area contributed by atoms with Crippen LogP contribution in [0.1, 0.15) is 12.5 Å². The Labute approximate surface area is 162 Å². The summed E-state index contributed by atoms with van der Waals surface area (Å²) in [5, 5.41) is 2.84. The number of benzene rings is 2. The van der Waals surface area contributed by atoms with Crippen LogP contribution in [0.5, 0.6) is 11.5 Å². The highest BCUT2D eigenvalue weighted by molar-refractivity contribution is 8.02. The molecular weight excluding hydrogens is 366 g/mol. The fourth-order valence-corrected chi connectivity index (χ4v) is 4.24. The van der Waals surface area contributed by atoms with Gasteiger partial charge in [0, 0.05) is 11.3 Å². The van der Waals surface area contributed by atoms with Gasteiger partial charge in [0.1, 0.15) is 0 Å². The average Bonchev–Trinajstić information content (AvgIpc) is 2.68. The van der Waals surface area contributed by atoms with Gasteiger partial charge < -0.3 is 19.5 Å². The summed E-state index contributed by atoms with van der Waals surface area (Å²) in [5.41, 5.74) is 1.46. The van der Waals surface area contributed by atoms with Crippen LogP contribution in [-0.4, -0.2) is 37.4 Å². The molecule has 142 valence electrons. The summed E-state index contributed by atoms with van der Waals surface area (Å²) in [6.07, 6.45) is 0.164. The van der Waals surface area contributed by atoms with Crippen LogP contribution in [0, 0.1) is 0 Å². The quantitative estimate of drug-likeness (QED) is 0.606. The third-order valence-electron chi connectivity index (χ3n) is 4.29. The van der Waals surface area contributed by atoms with E-state index in [1.54, 1.807) is 33.3 Å². The molecule has 2 aromatic carbocycles. The van der Waals surface area contributed by atoms with E-state index in [2.05, 4.69) is 5.32 Å². The van der Waals surface area contributed by atoms with Crippen LogP contribution < -0.4 is 14.8 Å². The maximum absolute atomic E-state index is 13.0. The largest absolute Gasteiger partial charge is 0.493 e. The number of amides is 1. The molecule has 1 amide bonds. The third-order valence-corrected chi connectivity index (χ3v) is 5.71. The first-order valence-electron chi connectivity index (χ1n) is 8.51. The number of ether oxygens (including phenoxy) is 3. The first-order valence-corrected chi connectivity index (χ1v) is 9.33. The van der Waals surface area contributed by atoms with Crippen molar-refractivity contribution < 1.29 is 23.8 Å². The van der Waals surface area contributed by atoms with Gasteiger partial charge in [0.25, 0.3) is 5.91 Å². The monoisotopic (exact) mass is 387 g/mol. The second-order valence-electron chi connectivity index (χ2n) is 5.97. The van der Waals surface area contributed by atoms with Gasteiger partial charge in [0.15, 0.2) is 11.5 Å². The van der Waals surface area contributed by atoms with Crippen LogP contribution in [0.25, 0.3) is 0 Å². The molecule has 0 radical (unpaired) electrons. The number of carbonyl (C=O) groups is 2. The van der Waals surface area contributed by atoms with Gasteiger partial charge in [0.05, 0.1) is 26.5 Å². The van der Waals surface area contributed by atoms with E-state index in [0.29, 0.717) is 17.2 Å². The van der Waals surface area contributed by atoms with E-state index < -0.39 is 10.7 Å². The smallest absolute Gasteiger partial charge is 0.332 e. The van der Waals surface area contributed by atoms with Crippen molar-refractivity contribution in [1.29, 1.82) is 0 Å². The molecule has 6 nitrogen and oxygen atoms in total. The normalized spacial score (nSPS) is 18.3. The maximum Gasteiger partial charge on any atom is 0.332 e. The summed E-state index contributed by atoms with van der Waals surface area (Å²) in [6.45, 7) is 1.92. The van der Waals surface area contributed by atoms with Crippen molar-refractivity contribution in [3.8, 4) is 11.5 Å². The van der Waals surface area contributed by atoms with Gasteiger partial charge in [-0.15, -0.1) is 0 Å². The maximum atomic E-state index is 13.0. The van der Waals surface area contributed by atoms with Crippen LogP contribution in [0.2, 0.25) is 0 Å². The number of fused-ring (bicyclic) bond motifs is 1. The van der Waals surface area contributed by atoms with E-state index in [-0.39, 0.29) is 18.9 Å². The number of carbonyl (C=O) groups excluding carboxylic acids is 2. The minimum atomic E-state index is -1.41. The molecule has 0 aliphatic carbocycles. The van der Waals surface area contributed by atoms with Crippen molar-refractivity contribution in [1.82, 2.24) is 0 Å². The summed E-state index contributed by atoms with van der Waals surface area (Å²) in [7, 11) is 3.10. The summed E-state index contributed by atoms with van der Waals surface area (Å²) in [6, 6.07) is 12.7. The van der Waals surface area contributed by atoms with Crippen molar-refractivity contribution in [2.45, 2.75) is 23.0 Å². The molecule has 0 fully saturated rings. The lowest BCUT2D eigenvalue weighted by molar-refractivity contribution is -0.148. The Kier molecular flexibility index (Phi) is 5.60. The van der Waals surface area contributed by atoms with E-state index in [9.17, 15) is 9.59 Å². The molecule has 0 bridgehead atoms. The molecular formula is C20H21NO5S. The first-order chi connectivity index (χ1) is 13.0. The van der Waals surface area contributed by atoms with Crippen molar-refractivity contribution >= 4 is 29.3 Å². The molecule has 0 aromatic heterocycles. The molecule has 1 N–H and O–H groups in total. The summed E-state index contributed by atoms with van der Waals surface area (Å²) < 4.78 is 14.5. The predicted molar refractivity (Wildman–Crippen MR) is 104 cm³/mol. The number of methoxy groups -OCH3 is 2. The zero-order chi connectivity index (χ0) is 19.4. The number of thioether (sulfide) groups is 1. The number of rotatable bonds is 6. The number of para-hydroxylation sites is 1. The number of hydrogen-bond donors (Lipinski definition) is 1. The molecule has 1 unspecified atom stereocenters. The summed E-state index contributed by atoms with van der Waals surface area (Å²) in [4.78, 5) is 26.7. The van der Waals surface area contributed by atoms with Gasteiger partial charge in [-0.05, 0) is 36.8 Å². The van der Waals surface area contributed by atoms with Gasteiger partial charge in [-0.1, -0.05) is 30.0 Å². The van der Waals surface area contributed by atoms with Crippen molar-refractivity contribution in [2.75, 3.05) is 26.1 Å². The Bertz CT molecular complexity index is 869. The third kappa shape index (κ3) is 3.60. The fourth-order valence-electron chi connectivity index (χ4n) is 2.96. The molecule has 2 aromatic rings. The molecule has 1 aliphatic rings. The van der Waals surface area contributed by atoms with E-state index in [0.717, 1.165) is 10.5 Å².